The number of carbonyl (C=O) groups is 1. The summed E-state index contributed by atoms with van der Waals surface area (Å²) < 4.78 is 10.4. The highest BCUT2D eigenvalue weighted by Gasteiger charge is 2.17. The summed E-state index contributed by atoms with van der Waals surface area (Å²) in [5, 5.41) is 2.85. The number of amides is 1. The first-order chi connectivity index (χ1) is 11.7. The maximum Gasteiger partial charge on any atom is 0.275 e. The van der Waals surface area contributed by atoms with Crippen molar-refractivity contribution in [2.24, 2.45) is 0 Å². The van der Waals surface area contributed by atoms with E-state index >= 15 is 0 Å². The average molecular weight is 340 g/mol. The van der Waals surface area contributed by atoms with Gasteiger partial charge in [-0.1, -0.05) is 30.3 Å². The van der Waals surface area contributed by atoms with Crippen molar-refractivity contribution in [3.63, 3.8) is 0 Å². The van der Waals surface area contributed by atoms with E-state index in [1.165, 1.54) is 11.3 Å². The normalized spacial score (nSPS) is 10.2. The number of nitrogens with zero attached hydrogens (tertiary/aromatic N) is 1. The van der Waals surface area contributed by atoms with Gasteiger partial charge in [-0.3, -0.25) is 4.79 Å². The molecule has 0 spiro atoms. The van der Waals surface area contributed by atoms with Crippen molar-refractivity contribution in [2.75, 3.05) is 19.5 Å². The molecule has 3 aromatic rings. The highest BCUT2D eigenvalue weighted by Crippen LogP contribution is 2.31. The highest BCUT2D eigenvalue weighted by atomic mass is 32.1. The van der Waals surface area contributed by atoms with Gasteiger partial charge >= 0.3 is 0 Å². The van der Waals surface area contributed by atoms with E-state index in [-0.39, 0.29) is 5.91 Å². The lowest BCUT2D eigenvalue weighted by Crippen LogP contribution is -2.13. The van der Waals surface area contributed by atoms with Gasteiger partial charge in [0.05, 0.1) is 24.6 Å². The molecule has 122 valence electrons. The molecule has 1 heterocycles. The van der Waals surface area contributed by atoms with Crippen molar-refractivity contribution in [1.29, 1.82) is 0 Å². The number of methoxy groups -OCH3 is 2. The molecule has 0 aliphatic rings. The van der Waals surface area contributed by atoms with E-state index in [0.29, 0.717) is 22.9 Å². The zero-order valence-corrected chi connectivity index (χ0v) is 14.1. The molecule has 0 bridgehead atoms. The van der Waals surface area contributed by atoms with Gasteiger partial charge in [-0.05, 0) is 17.7 Å². The Balaban J connectivity index is 1.85. The van der Waals surface area contributed by atoms with Crippen LogP contribution in [0, 0.1) is 0 Å². The maximum atomic E-state index is 12.6. The molecule has 5 nitrogen and oxygen atoms in total. The van der Waals surface area contributed by atoms with Gasteiger partial charge in [-0.2, -0.15) is 0 Å². The molecule has 0 aliphatic carbocycles. The topological polar surface area (TPSA) is 60.5 Å². The molecule has 2 aromatic carbocycles. The molecule has 0 unspecified atom stereocenters. The number of anilines is 1. The number of aromatic nitrogens is 1. The van der Waals surface area contributed by atoms with Gasteiger partial charge in [-0.15, -0.1) is 11.3 Å². The van der Waals surface area contributed by atoms with Gasteiger partial charge in [0.25, 0.3) is 5.91 Å². The predicted molar refractivity (Wildman–Crippen MR) is 95.0 cm³/mol. The molecule has 1 N–H and O–H groups in total. The Labute approximate surface area is 143 Å². The summed E-state index contributed by atoms with van der Waals surface area (Å²) in [6.45, 7) is 0. The minimum atomic E-state index is -0.262. The average Bonchev–Trinajstić information content (AvgIpc) is 3.12. The van der Waals surface area contributed by atoms with Crippen molar-refractivity contribution < 1.29 is 14.3 Å². The largest absolute Gasteiger partial charge is 0.493 e. The molecule has 0 aliphatic heterocycles. The van der Waals surface area contributed by atoms with Crippen LogP contribution < -0.4 is 14.8 Å². The first-order valence-electron chi connectivity index (χ1n) is 7.25. The van der Waals surface area contributed by atoms with Crippen LogP contribution in [-0.4, -0.2) is 25.1 Å². The molecule has 0 radical (unpaired) electrons. The zero-order valence-electron chi connectivity index (χ0n) is 13.3. The van der Waals surface area contributed by atoms with Crippen LogP contribution in [0.3, 0.4) is 0 Å². The van der Waals surface area contributed by atoms with Crippen LogP contribution >= 0.6 is 11.3 Å². The first kappa shape index (κ1) is 16.0. The summed E-state index contributed by atoms with van der Waals surface area (Å²) in [7, 11) is 3.12. The van der Waals surface area contributed by atoms with Crippen LogP contribution in [0.15, 0.2) is 54.0 Å². The third-order valence-electron chi connectivity index (χ3n) is 3.46. The Kier molecular flexibility index (Phi) is 4.77. The number of ether oxygens (including phenoxy) is 2. The van der Waals surface area contributed by atoms with Crippen molar-refractivity contribution in [3.8, 4) is 21.9 Å². The molecular formula is C18H16N2O3S. The Morgan fingerprint density at radius 3 is 2.50 bits per heavy atom. The standard InChI is InChI=1S/C18H16N2O3S/c1-22-14-9-8-13(10-15(14)23-2)20-18(21)16-17(24-11-19-16)12-6-4-3-5-7-12/h3-11H,1-2H3,(H,20,21). The quantitative estimate of drug-likeness (QED) is 0.760. The number of nitrogens with one attached hydrogen (secondary N) is 1. The molecule has 0 atom stereocenters. The second-order valence-electron chi connectivity index (χ2n) is 4.92. The minimum Gasteiger partial charge on any atom is -0.493 e. The van der Waals surface area contributed by atoms with Gasteiger partial charge in [0.2, 0.25) is 0 Å². The third-order valence-corrected chi connectivity index (χ3v) is 4.34. The summed E-state index contributed by atoms with van der Waals surface area (Å²) in [6.07, 6.45) is 0. The zero-order chi connectivity index (χ0) is 16.9. The molecule has 24 heavy (non-hydrogen) atoms. The van der Waals surface area contributed by atoms with Crippen LogP contribution in [0.5, 0.6) is 11.5 Å². The fraction of sp³-hybridized carbons (Fsp3) is 0.111. The Morgan fingerprint density at radius 2 is 1.79 bits per heavy atom. The van der Waals surface area contributed by atoms with Gasteiger partial charge in [-0.25, -0.2) is 4.98 Å². The van der Waals surface area contributed by atoms with Gasteiger partial charge in [0.15, 0.2) is 11.5 Å². The second-order valence-corrected chi connectivity index (χ2v) is 5.77. The summed E-state index contributed by atoms with van der Waals surface area (Å²) >= 11 is 1.44. The van der Waals surface area contributed by atoms with E-state index in [1.807, 2.05) is 30.3 Å². The molecule has 6 heteroatoms. The summed E-state index contributed by atoms with van der Waals surface area (Å²) in [5.74, 6) is 0.897. The summed E-state index contributed by atoms with van der Waals surface area (Å²) in [6, 6.07) is 14.9. The van der Waals surface area contributed by atoms with Gasteiger partial charge in [0, 0.05) is 11.8 Å². The first-order valence-corrected chi connectivity index (χ1v) is 8.13. The van der Waals surface area contributed by atoms with Crippen LogP contribution in [0.1, 0.15) is 10.5 Å². The van der Waals surface area contributed by atoms with E-state index in [4.69, 9.17) is 9.47 Å². The Bertz CT molecular complexity index is 846. The van der Waals surface area contributed by atoms with Crippen LogP contribution in [0.25, 0.3) is 10.4 Å². The monoisotopic (exact) mass is 340 g/mol. The number of thiazole rings is 1. The van der Waals surface area contributed by atoms with Crippen LogP contribution in [-0.2, 0) is 0 Å². The Morgan fingerprint density at radius 1 is 1.04 bits per heavy atom. The molecular weight excluding hydrogens is 324 g/mol. The molecule has 0 saturated carbocycles. The fourth-order valence-electron chi connectivity index (χ4n) is 2.31. The van der Waals surface area contributed by atoms with Crippen LogP contribution in [0.4, 0.5) is 5.69 Å². The maximum absolute atomic E-state index is 12.6. The number of hydrogen-bond acceptors (Lipinski definition) is 5. The van der Waals surface area contributed by atoms with Crippen molar-refractivity contribution in [2.45, 2.75) is 0 Å². The summed E-state index contributed by atoms with van der Waals surface area (Å²) in [5.41, 5.74) is 3.66. The van der Waals surface area contributed by atoms with E-state index in [2.05, 4.69) is 10.3 Å². The van der Waals surface area contributed by atoms with Crippen molar-refractivity contribution in [1.82, 2.24) is 4.98 Å². The SMILES string of the molecule is COc1ccc(NC(=O)c2ncsc2-c2ccccc2)cc1OC. The van der Waals surface area contributed by atoms with Gasteiger partial charge < -0.3 is 14.8 Å². The smallest absolute Gasteiger partial charge is 0.275 e. The molecule has 1 amide bonds. The van der Waals surface area contributed by atoms with E-state index < -0.39 is 0 Å². The lowest BCUT2D eigenvalue weighted by atomic mass is 10.1. The number of carbonyl (C=O) groups excluding carboxylic acids is 1. The lowest BCUT2D eigenvalue weighted by Gasteiger charge is -2.10. The second kappa shape index (κ2) is 7.14. The van der Waals surface area contributed by atoms with E-state index in [0.717, 1.165) is 10.4 Å². The third kappa shape index (κ3) is 3.23. The molecule has 1 aromatic heterocycles. The summed E-state index contributed by atoms with van der Waals surface area (Å²) in [4.78, 5) is 17.6. The number of rotatable bonds is 5. The molecule has 0 saturated heterocycles. The van der Waals surface area contributed by atoms with E-state index in [1.54, 1.807) is 37.9 Å². The van der Waals surface area contributed by atoms with E-state index in [9.17, 15) is 4.79 Å². The lowest BCUT2D eigenvalue weighted by molar-refractivity contribution is 0.102. The van der Waals surface area contributed by atoms with Crippen molar-refractivity contribution >= 4 is 22.9 Å². The minimum absolute atomic E-state index is 0.262. The van der Waals surface area contributed by atoms with Gasteiger partial charge in [0.1, 0.15) is 5.69 Å². The Hall–Kier alpha value is -2.86. The van der Waals surface area contributed by atoms with Crippen molar-refractivity contribution in [3.05, 3.63) is 59.7 Å². The number of benzene rings is 2. The van der Waals surface area contributed by atoms with Crippen LogP contribution in [0.2, 0.25) is 0 Å². The molecule has 0 fully saturated rings. The number of hydrogen-bond donors (Lipinski definition) is 1. The fourth-order valence-corrected chi connectivity index (χ4v) is 3.10. The highest BCUT2D eigenvalue weighted by molar-refractivity contribution is 7.13. The predicted octanol–water partition coefficient (Wildman–Crippen LogP) is 4.08. The molecule has 3 rings (SSSR count).